The monoisotopic (exact) mass is 237 g/mol. The SMILES string of the molecule is CCCNC(=O)C(C)Nc1cc(N)nc(C)n1. The van der Waals surface area contributed by atoms with E-state index in [1.165, 1.54) is 0 Å². The fraction of sp³-hybridized carbons (Fsp3) is 0.545. The number of rotatable bonds is 5. The van der Waals surface area contributed by atoms with Crippen LogP contribution in [0.1, 0.15) is 26.1 Å². The van der Waals surface area contributed by atoms with E-state index in [4.69, 9.17) is 5.73 Å². The van der Waals surface area contributed by atoms with E-state index in [9.17, 15) is 4.79 Å². The minimum atomic E-state index is -0.352. The van der Waals surface area contributed by atoms with Crippen molar-refractivity contribution in [3.63, 3.8) is 0 Å². The second-order valence-electron chi connectivity index (χ2n) is 3.88. The summed E-state index contributed by atoms with van der Waals surface area (Å²) in [5, 5.41) is 5.79. The lowest BCUT2D eigenvalue weighted by molar-refractivity contribution is -0.121. The van der Waals surface area contributed by atoms with Crippen molar-refractivity contribution in [3.8, 4) is 0 Å². The fourth-order valence-corrected chi connectivity index (χ4v) is 1.35. The van der Waals surface area contributed by atoms with Gasteiger partial charge in [-0.05, 0) is 20.3 Å². The van der Waals surface area contributed by atoms with Gasteiger partial charge >= 0.3 is 0 Å². The van der Waals surface area contributed by atoms with Crippen LogP contribution in [-0.2, 0) is 4.79 Å². The normalized spacial score (nSPS) is 11.9. The Morgan fingerprint density at radius 2 is 2.24 bits per heavy atom. The molecule has 0 spiro atoms. The number of nitrogens with two attached hydrogens (primary N) is 1. The molecule has 6 nitrogen and oxygen atoms in total. The number of carbonyl (C=O) groups excluding carboxylic acids is 1. The fourth-order valence-electron chi connectivity index (χ4n) is 1.35. The number of nitrogen functional groups attached to an aromatic ring is 1. The Bertz CT molecular complexity index is 373. The second-order valence-corrected chi connectivity index (χ2v) is 3.88. The maximum atomic E-state index is 11.6. The highest BCUT2D eigenvalue weighted by molar-refractivity contribution is 5.83. The molecule has 1 aromatic heterocycles. The minimum absolute atomic E-state index is 0.0540. The number of aryl methyl sites for hydroxylation is 1. The van der Waals surface area contributed by atoms with E-state index < -0.39 is 0 Å². The van der Waals surface area contributed by atoms with Crippen molar-refractivity contribution in [1.29, 1.82) is 0 Å². The van der Waals surface area contributed by atoms with Gasteiger partial charge in [0, 0.05) is 12.6 Å². The third-order valence-corrected chi connectivity index (χ3v) is 2.16. The van der Waals surface area contributed by atoms with E-state index >= 15 is 0 Å². The first-order chi connectivity index (χ1) is 8.02. The molecule has 94 valence electrons. The molecule has 1 rings (SSSR count). The van der Waals surface area contributed by atoms with Crippen LogP contribution in [0.4, 0.5) is 11.6 Å². The largest absolute Gasteiger partial charge is 0.384 e. The summed E-state index contributed by atoms with van der Waals surface area (Å²) < 4.78 is 0. The van der Waals surface area contributed by atoms with E-state index in [-0.39, 0.29) is 11.9 Å². The van der Waals surface area contributed by atoms with Crippen LogP contribution < -0.4 is 16.4 Å². The molecule has 1 heterocycles. The Kier molecular flexibility index (Phi) is 4.68. The van der Waals surface area contributed by atoms with E-state index in [2.05, 4.69) is 20.6 Å². The first-order valence-corrected chi connectivity index (χ1v) is 5.68. The molecule has 1 unspecified atom stereocenters. The molecular formula is C11H19N5O. The van der Waals surface area contributed by atoms with Gasteiger partial charge in [0.2, 0.25) is 5.91 Å². The minimum Gasteiger partial charge on any atom is -0.384 e. The lowest BCUT2D eigenvalue weighted by Crippen LogP contribution is -2.38. The predicted octanol–water partition coefficient (Wildman–Crippen LogP) is 0.694. The maximum Gasteiger partial charge on any atom is 0.242 e. The van der Waals surface area contributed by atoms with Crippen molar-refractivity contribution in [2.75, 3.05) is 17.6 Å². The summed E-state index contributed by atoms with van der Waals surface area (Å²) in [6.45, 7) is 6.21. The van der Waals surface area contributed by atoms with Gasteiger partial charge in [0.1, 0.15) is 23.5 Å². The van der Waals surface area contributed by atoms with Gasteiger partial charge in [-0.25, -0.2) is 9.97 Å². The van der Waals surface area contributed by atoms with Crippen molar-refractivity contribution >= 4 is 17.5 Å². The zero-order valence-corrected chi connectivity index (χ0v) is 10.4. The molecule has 0 aliphatic heterocycles. The number of carbonyl (C=O) groups is 1. The average Bonchev–Trinajstić information content (AvgIpc) is 2.24. The number of hydrogen-bond donors (Lipinski definition) is 3. The zero-order chi connectivity index (χ0) is 12.8. The highest BCUT2D eigenvalue weighted by Crippen LogP contribution is 2.08. The highest BCUT2D eigenvalue weighted by atomic mass is 16.2. The Morgan fingerprint density at radius 3 is 2.82 bits per heavy atom. The zero-order valence-electron chi connectivity index (χ0n) is 10.4. The maximum absolute atomic E-state index is 11.6. The molecule has 0 radical (unpaired) electrons. The summed E-state index contributed by atoms with van der Waals surface area (Å²) in [6.07, 6.45) is 0.915. The van der Waals surface area contributed by atoms with Crippen molar-refractivity contribution in [2.24, 2.45) is 0 Å². The summed E-state index contributed by atoms with van der Waals surface area (Å²) in [6, 6.07) is 1.26. The molecule has 6 heteroatoms. The van der Waals surface area contributed by atoms with Gasteiger partial charge in [-0.1, -0.05) is 6.92 Å². The van der Waals surface area contributed by atoms with Gasteiger partial charge in [0.25, 0.3) is 0 Å². The smallest absolute Gasteiger partial charge is 0.242 e. The van der Waals surface area contributed by atoms with Crippen LogP contribution in [0.5, 0.6) is 0 Å². The van der Waals surface area contributed by atoms with E-state index in [0.717, 1.165) is 6.42 Å². The number of nitrogens with one attached hydrogen (secondary N) is 2. The first kappa shape index (κ1) is 13.2. The lowest BCUT2D eigenvalue weighted by Gasteiger charge is -2.14. The van der Waals surface area contributed by atoms with Crippen molar-refractivity contribution in [1.82, 2.24) is 15.3 Å². The molecule has 1 amide bonds. The van der Waals surface area contributed by atoms with Gasteiger partial charge in [-0.3, -0.25) is 4.79 Å². The third-order valence-electron chi connectivity index (χ3n) is 2.16. The molecule has 0 aliphatic rings. The molecule has 0 fully saturated rings. The Balaban J connectivity index is 2.60. The number of anilines is 2. The predicted molar refractivity (Wildman–Crippen MR) is 67.6 cm³/mol. The van der Waals surface area contributed by atoms with Gasteiger partial charge < -0.3 is 16.4 Å². The molecule has 0 aromatic carbocycles. The summed E-state index contributed by atoms with van der Waals surface area (Å²) in [5.74, 6) is 1.48. The molecule has 0 saturated carbocycles. The van der Waals surface area contributed by atoms with E-state index in [1.807, 2.05) is 6.92 Å². The van der Waals surface area contributed by atoms with Crippen molar-refractivity contribution in [2.45, 2.75) is 33.2 Å². The van der Waals surface area contributed by atoms with Crippen LogP contribution in [-0.4, -0.2) is 28.5 Å². The molecule has 1 aromatic rings. The first-order valence-electron chi connectivity index (χ1n) is 5.68. The standard InChI is InChI=1S/C11H19N5O/c1-4-5-13-11(17)7(2)14-10-6-9(12)15-8(3)16-10/h6-7H,4-5H2,1-3H3,(H,13,17)(H3,12,14,15,16). The summed E-state index contributed by atoms with van der Waals surface area (Å²) >= 11 is 0. The Hall–Kier alpha value is -1.85. The molecular weight excluding hydrogens is 218 g/mol. The van der Waals surface area contributed by atoms with Gasteiger partial charge in [-0.15, -0.1) is 0 Å². The average molecular weight is 237 g/mol. The third kappa shape index (κ3) is 4.26. The number of nitrogens with zero attached hydrogens (tertiary/aromatic N) is 2. The quantitative estimate of drug-likeness (QED) is 0.700. The second kappa shape index (κ2) is 6.03. The van der Waals surface area contributed by atoms with E-state index in [1.54, 1.807) is 19.9 Å². The van der Waals surface area contributed by atoms with Crippen LogP contribution in [0.15, 0.2) is 6.07 Å². The topological polar surface area (TPSA) is 92.9 Å². The van der Waals surface area contributed by atoms with Gasteiger partial charge in [0.05, 0.1) is 0 Å². The molecule has 0 aliphatic carbocycles. The lowest BCUT2D eigenvalue weighted by atomic mass is 10.3. The number of aromatic nitrogens is 2. The Morgan fingerprint density at radius 1 is 1.53 bits per heavy atom. The summed E-state index contributed by atoms with van der Waals surface area (Å²) in [4.78, 5) is 19.7. The molecule has 0 saturated heterocycles. The van der Waals surface area contributed by atoms with Crippen LogP contribution in [0.3, 0.4) is 0 Å². The van der Waals surface area contributed by atoms with Crippen LogP contribution in [0, 0.1) is 6.92 Å². The molecule has 1 atom stereocenters. The Labute approximate surface area is 101 Å². The number of amides is 1. The summed E-state index contributed by atoms with van der Waals surface area (Å²) in [5.41, 5.74) is 5.60. The van der Waals surface area contributed by atoms with Crippen LogP contribution >= 0.6 is 0 Å². The highest BCUT2D eigenvalue weighted by Gasteiger charge is 2.12. The molecule has 4 N–H and O–H groups in total. The summed E-state index contributed by atoms with van der Waals surface area (Å²) in [7, 11) is 0. The van der Waals surface area contributed by atoms with Crippen molar-refractivity contribution in [3.05, 3.63) is 11.9 Å². The van der Waals surface area contributed by atoms with Gasteiger partial charge in [0.15, 0.2) is 0 Å². The molecule has 17 heavy (non-hydrogen) atoms. The molecule has 0 bridgehead atoms. The number of hydrogen-bond acceptors (Lipinski definition) is 5. The van der Waals surface area contributed by atoms with Crippen LogP contribution in [0.25, 0.3) is 0 Å². The van der Waals surface area contributed by atoms with E-state index in [0.29, 0.717) is 24.0 Å². The van der Waals surface area contributed by atoms with Crippen molar-refractivity contribution < 1.29 is 4.79 Å². The van der Waals surface area contributed by atoms with Crippen LogP contribution in [0.2, 0.25) is 0 Å². The van der Waals surface area contributed by atoms with Gasteiger partial charge in [-0.2, -0.15) is 0 Å².